The number of nitriles is 1. The first-order valence-corrected chi connectivity index (χ1v) is 7.24. The minimum Gasteiger partial charge on any atom is -0.389 e. The number of allylic oxidation sites excluding steroid dienone is 3. The largest absolute Gasteiger partial charge is 0.389 e. The quantitative estimate of drug-likeness (QED) is 0.927. The van der Waals surface area contributed by atoms with Crippen molar-refractivity contribution in [3.63, 3.8) is 0 Å². The van der Waals surface area contributed by atoms with Crippen LogP contribution in [0, 0.1) is 11.3 Å². The van der Waals surface area contributed by atoms with Gasteiger partial charge in [0.1, 0.15) is 11.4 Å². The Bertz CT molecular complexity index is 679. The molecule has 116 valence electrons. The summed E-state index contributed by atoms with van der Waals surface area (Å²) in [5.41, 5.74) is 0.0410. The molecule has 1 aliphatic heterocycles. The van der Waals surface area contributed by atoms with Crippen molar-refractivity contribution in [3.05, 3.63) is 59.1 Å². The lowest BCUT2D eigenvalue weighted by molar-refractivity contribution is 0.0126. The fourth-order valence-corrected chi connectivity index (χ4v) is 2.78. The molecule has 1 atom stereocenters. The molecule has 1 aromatic carbocycles. The highest BCUT2D eigenvalue weighted by atomic mass is 19.1. The number of hydrogen-bond acceptors (Lipinski definition) is 3. The average molecular weight is 300 g/mol. The molecule has 1 N–H and O–H groups in total. The van der Waals surface area contributed by atoms with Crippen LogP contribution in [0.3, 0.4) is 0 Å². The summed E-state index contributed by atoms with van der Waals surface area (Å²) in [4.78, 5) is 1.85. The van der Waals surface area contributed by atoms with Crippen LogP contribution in [-0.2, 0) is 5.54 Å². The van der Waals surface area contributed by atoms with Crippen molar-refractivity contribution in [3.8, 4) is 6.07 Å². The number of hydrogen-bond donors (Lipinski definition) is 1. The molecular formula is C18H21FN2O. The van der Waals surface area contributed by atoms with Crippen molar-refractivity contribution < 1.29 is 9.50 Å². The topological polar surface area (TPSA) is 47.3 Å². The van der Waals surface area contributed by atoms with E-state index in [1.54, 1.807) is 45.0 Å². The highest BCUT2D eigenvalue weighted by Crippen LogP contribution is 2.42. The van der Waals surface area contributed by atoms with Gasteiger partial charge in [0.2, 0.25) is 0 Å². The third-order valence-electron chi connectivity index (χ3n) is 4.00. The smallest absolute Gasteiger partial charge is 0.130 e. The number of benzene rings is 1. The lowest BCUT2D eigenvalue weighted by Gasteiger charge is -2.47. The van der Waals surface area contributed by atoms with Gasteiger partial charge in [-0.15, -0.1) is 0 Å². The van der Waals surface area contributed by atoms with E-state index in [0.717, 1.165) is 5.70 Å². The number of halogens is 1. The molecular weight excluding hydrogens is 279 g/mol. The second-order valence-corrected chi connectivity index (χ2v) is 6.49. The van der Waals surface area contributed by atoms with Crippen LogP contribution in [0.2, 0.25) is 0 Å². The molecule has 1 heterocycles. The summed E-state index contributed by atoms with van der Waals surface area (Å²) >= 11 is 0. The Kier molecular flexibility index (Phi) is 4.12. The van der Waals surface area contributed by atoms with E-state index in [9.17, 15) is 9.50 Å². The third kappa shape index (κ3) is 2.90. The summed E-state index contributed by atoms with van der Waals surface area (Å²) < 4.78 is 14.8. The second-order valence-electron chi connectivity index (χ2n) is 6.49. The molecule has 3 nitrogen and oxygen atoms in total. The van der Waals surface area contributed by atoms with Gasteiger partial charge in [-0.3, -0.25) is 0 Å². The van der Waals surface area contributed by atoms with Crippen LogP contribution >= 0.6 is 0 Å². The van der Waals surface area contributed by atoms with Crippen molar-refractivity contribution in [2.75, 3.05) is 6.54 Å². The van der Waals surface area contributed by atoms with Gasteiger partial charge >= 0.3 is 0 Å². The Morgan fingerprint density at radius 2 is 2.05 bits per heavy atom. The van der Waals surface area contributed by atoms with Crippen LogP contribution < -0.4 is 0 Å². The Hall–Kier alpha value is -2.12. The summed E-state index contributed by atoms with van der Waals surface area (Å²) in [6.07, 6.45) is 3.16. The molecule has 0 amide bonds. The van der Waals surface area contributed by atoms with E-state index in [4.69, 9.17) is 5.26 Å². The zero-order valence-electron chi connectivity index (χ0n) is 13.4. The Morgan fingerprint density at radius 1 is 1.36 bits per heavy atom. The number of rotatable bonds is 3. The molecule has 22 heavy (non-hydrogen) atoms. The molecule has 0 saturated carbocycles. The average Bonchev–Trinajstić information content (AvgIpc) is 2.47. The molecule has 0 aliphatic carbocycles. The zero-order valence-corrected chi connectivity index (χ0v) is 13.4. The maximum absolute atomic E-state index is 14.8. The van der Waals surface area contributed by atoms with Gasteiger partial charge < -0.3 is 10.0 Å². The summed E-state index contributed by atoms with van der Waals surface area (Å²) in [6, 6.07) is 9.04. The molecule has 2 rings (SSSR count). The predicted molar refractivity (Wildman–Crippen MR) is 84.5 cm³/mol. The van der Waals surface area contributed by atoms with Gasteiger partial charge in [0, 0.05) is 12.2 Å². The Labute approximate surface area is 131 Å². The van der Waals surface area contributed by atoms with Gasteiger partial charge in [0.05, 0.1) is 17.2 Å². The van der Waals surface area contributed by atoms with Gasteiger partial charge in [-0.2, -0.15) is 5.26 Å². The Balaban J connectivity index is 2.57. The van der Waals surface area contributed by atoms with Crippen LogP contribution in [0.15, 0.2) is 47.9 Å². The van der Waals surface area contributed by atoms with Crippen molar-refractivity contribution in [2.45, 2.75) is 38.8 Å². The van der Waals surface area contributed by atoms with E-state index in [1.807, 2.05) is 17.9 Å². The number of nitrogens with zero attached hydrogens (tertiary/aromatic N) is 2. The highest BCUT2D eigenvalue weighted by Gasteiger charge is 2.42. The normalized spacial score (nSPS) is 22.0. The number of aliphatic hydroxyl groups is 1. The maximum Gasteiger partial charge on any atom is 0.130 e. The van der Waals surface area contributed by atoms with Gasteiger partial charge in [0.15, 0.2) is 0 Å². The molecule has 0 radical (unpaired) electrons. The highest BCUT2D eigenvalue weighted by molar-refractivity contribution is 5.43. The van der Waals surface area contributed by atoms with Crippen molar-refractivity contribution >= 4 is 0 Å². The first-order valence-electron chi connectivity index (χ1n) is 7.24. The SMILES string of the molecule is CC1=CC=C(F)C(C)(c2cccc(C#N)c2)N1CC(C)(C)O. The standard InChI is InChI=1S/C18H21FN2O/c1-13-8-9-16(19)18(4,21(13)12-17(2,3)22)15-7-5-6-14(10-15)11-20/h5-10,22H,12H2,1-4H3. The van der Waals surface area contributed by atoms with Gasteiger partial charge in [0.25, 0.3) is 0 Å². The van der Waals surface area contributed by atoms with Gasteiger partial charge in [-0.05, 0) is 57.5 Å². The molecule has 4 heteroatoms. The van der Waals surface area contributed by atoms with Crippen LogP contribution in [0.1, 0.15) is 38.8 Å². The lowest BCUT2D eigenvalue weighted by atomic mass is 9.84. The molecule has 1 aliphatic rings. The molecule has 0 spiro atoms. The minimum absolute atomic E-state index is 0.282. The monoisotopic (exact) mass is 300 g/mol. The van der Waals surface area contributed by atoms with Crippen LogP contribution in [-0.4, -0.2) is 22.2 Å². The van der Waals surface area contributed by atoms with Gasteiger partial charge in [-0.25, -0.2) is 4.39 Å². The molecule has 0 fully saturated rings. The van der Waals surface area contributed by atoms with E-state index < -0.39 is 11.1 Å². The van der Waals surface area contributed by atoms with Crippen LogP contribution in [0.5, 0.6) is 0 Å². The first kappa shape index (κ1) is 16.3. The molecule has 1 unspecified atom stereocenters. The van der Waals surface area contributed by atoms with Crippen molar-refractivity contribution in [1.82, 2.24) is 4.90 Å². The van der Waals surface area contributed by atoms with E-state index in [0.29, 0.717) is 11.1 Å². The second kappa shape index (κ2) is 5.58. The van der Waals surface area contributed by atoms with E-state index in [-0.39, 0.29) is 12.4 Å². The van der Waals surface area contributed by atoms with Gasteiger partial charge in [-0.1, -0.05) is 12.1 Å². The fourth-order valence-electron chi connectivity index (χ4n) is 2.78. The van der Waals surface area contributed by atoms with Crippen molar-refractivity contribution in [2.24, 2.45) is 0 Å². The van der Waals surface area contributed by atoms with Crippen LogP contribution in [0.25, 0.3) is 0 Å². The van der Waals surface area contributed by atoms with Crippen molar-refractivity contribution in [1.29, 1.82) is 5.26 Å². The van der Waals surface area contributed by atoms with E-state index >= 15 is 0 Å². The molecule has 0 bridgehead atoms. The maximum atomic E-state index is 14.8. The van der Waals surface area contributed by atoms with Crippen LogP contribution in [0.4, 0.5) is 4.39 Å². The summed E-state index contributed by atoms with van der Waals surface area (Å²) in [5, 5.41) is 19.3. The first-order chi connectivity index (χ1) is 10.2. The minimum atomic E-state index is -1.04. The summed E-state index contributed by atoms with van der Waals surface area (Å²) in [6.45, 7) is 7.34. The zero-order chi connectivity index (χ0) is 16.5. The summed E-state index contributed by atoms with van der Waals surface area (Å²) in [5.74, 6) is -0.308. The third-order valence-corrected chi connectivity index (χ3v) is 4.00. The molecule has 0 saturated heterocycles. The van der Waals surface area contributed by atoms with E-state index in [2.05, 4.69) is 6.07 Å². The predicted octanol–water partition coefficient (Wildman–Crippen LogP) is 3.62. The molecule has 1 aromatic rings. The van der Waals surface area contributed by atoms with E-state index in [1.165, 1.54) is 6.08 Å². The fraction of sp³-hybridized carbons (Fsp3) is 0.389. The Morgan fingerprint density at radius 3 is 2.64 bits per heavy atom. The number of β-amino-alcohol motifs (C(OH)–C–C–N with tert-alkyl or cyclic N) is 1. The molecule has 0 aromatic heterocycles. The lowest BCUT2D eigenvalue weighted by Crippen LogP contribution is -2.50. The summed E-state index contributed by atoms with van der Waals surface area (Å²) in [7, 11) is 0.